The average molecular weight is 483 g/mol. The Morgan fingerprint density at radius 2 is 1.83 bits per heavy atom. The molecule has 1 aromatic carbocycles. The van der Waals surface area contributed by atoms with Crippen LogP contribution in [0.15, 0.2) is 79.3 Å². The molecule has 4 rings (SSSR count). The van der Waals surface area contributed by atoms with Gasteiger partial charge in [0.2, 0.25) is 5.95 Å². The molecule has 0 spiro atoms. The van der Waals surface area contributed by atoms with Gasteiger partial charge < -0.3 is 16.0 Å². The molecule has 2 aromatic heterocycles. The van der Waals surface area contributed by atoms with Crippen molar-refractivity contribution in [3.05, 3.63) is 90.5 Å². The van der Waals surface area contributed by atoms with Crippen LogP contribution in [-0.2, 0) is 12.8 Å². The summed E-state index contributed by atoms with van der Waals surface area (Å²) in [7, 11) is 0. The van der Waals surface area contributed by atoms with Crippen molar-refractivity contribution in [2.45, 2.75) is 57.9 Å². The van der Waals surface area contributed by atoms with Gasteiger partial charge in [-0.15, -0.1) is 0 Å². The molecule has 0 radical (unpaired) electrons. The van der Waals surface area contributed by atoms with E-state index in [0.29, 0.717) is 5.95 Å². The van der Waals surface area contributed by atoms with Gasteiger partial charge in [-0.2, -0.15) is 0 Å². The van der Waals surface area contributed by atoms with Crippen molar-refractivity contribution in [1.82, 2.24) is 20.3 Å². The number of fused-ring (bicyclic) bond motifs is 1. The summed E-state index contributed by atoms with van der Waals surface area (Å²) in [6.07, 6.45) is 11.1. The Kier molecular flexibility index (Phi) is 9.09. The van der Waals surface area contributed by atoms with Gasteiger partial charge in [0.15, 0.2) is 0 Å². The topological polar surface area (TPSA) is 74.8 Å². The predicted octanol–water partition coefficient (Wildman–Crippen LogP) is 6.16. The molecule has 0 saturated heterocycles. The molecule has 0 bridgehead atoms. The van der Waals surface area contributed by atoms with Gasteiger partial charge in [0, 0.05) is 42.4 Å². The van der Waals surface area contributed by atoms with Gasteiger partial charge in [-0.3, -0.25) is 0 Å². The molecule has 1 aliphatic heterocycles. The van der Waals surface area contributed by atoms with Crippen LogP contribution in [0.1, 0.15) is 50.3 Å². The number of hydrogen-bond acceptors (Lipinski definition) is 6. The molecule has 36 heavy (non-hydrogen) atoms. The molecule has 0 fully saturated rings. The quantitative estimate of drug-likeness (QED) is 0.200. The van der Waals surface area contributed by atoms with E-state index in [1.807, 2.05) is 37.5 Å². The molecule has 6 heteroatoms. The summed E-state index contributed by atoms with van der Waals surface area (Å²) in [5.41, 5.74) is 6.78. The zero-order valence-electron chi connectivity index (χ0n) is 21.4. The van der Waals surface area contributed by atoms with Gasteiger partial charge in [0.05, 0.1) is 6.04 Å². The lowest BCUT2D eigenvalue weighted by Gasteiger charge is -2.20. The van der Waals surface area contributed by atoms with E-state index in [1.54, 1.807) is 0 Å². The number of hydrogen-bond donors (Lipinski definition) is 3. The molecule has 3 aromatic rings. The third kappa shape index (κ3) is 7.41. The third-order valence-electron chi connectivity index (χ3n) is 6.58. The largest absolute Gasteiger partial charge is 0.389 e. The SMILES string of the molecule is C=C(CCCCc1ccc2c(n1)NCCC2)NCCC(Nc1ncc(-c2ccccc2)cn1)C(=C)C. The predicted molar refractivity (Wildman–Crippen MR) is 150 cm³/mol. The molecule has 3 heterocycles. The van der Waals surface area contributed by atoms with E-state index in [4.69, 9.17) is 4.98 Å². The maximum atomic E-state index is 4.80. The van der Waals surface area contributed by atoms with Crippen molar-refractivity contribution in [2.24, 2.45) is 0 Å². The summed E-state index contributed by atoms with van der Waals surface area (Å²) in [6.45, 7) is 12.3. The monoisotopic (exact) mass is 482 g/mol. The maximum Gasteiger partial charge on any atom is 0.223 e. The van der Waals surface area contributed by atoms with Gasteiger partial charge in [-0.25, -0.2) is 15.0 Å². The smallest absolute Gasteiger partial charge is 0.223 e. The molecule has 1 atom stereocenters. The number of aryl methyl sites for hydroxylation is 2. The van der Waals surface area contributed by atoms with Gasteiger partial charge in [-0.05, 0) is 69.1 Å². The normalized spacial score (nSPS) is 13.2. The zero-order valence-corrected chi connectivity index (χ0v) is 21.4. The summed E-state index contributed by atoms with van der Waals surface area (Å²) in [5.74, 6) is 1.70. The number of anilines is 2. The fourth-order valence-corrected chi connectivity index (χ4v) is 4.41. The lowest BCUT2D eigenvalue weighted by atomic mass is 10.0. The number of pyridine rings is 1. The average Bonchev–Trinajstić information content (AvgIpc) is 2.91. The fourth-order valence-electron chi connectivity index (χ4n) is 4.41. The van der Waals surface area contributed by atoms with Crippen LogP contribution < -0.4 is 16.0 Å². The van der Waals surface area contributed by atoms with Crippen LogP contribution in [0.4, 0.5) is 11.8 Å². The lowest BCUT2D eigenvalue weighted by Crippen LogP contribution is -2.27. The van der Waals surface area contributed by atoms with Crippen molar-refractivity contribution < 1.29 is 0 Å². The summed E-state index contributed by atoms with van der Waals surface area (Å²) in [4.78, 5) is 13.8. The molecular formula is C30H38N6. The zero-order chi connectivity index (χ0) is 25.2. The number of aromatic nitrogens is 3. The first-order chi connectivity index (χ1) is 17.6. The Labute approximate surface area is 215 Å². The highest BCUT2D eigenvalue weighted by Gasteiger charge is 2.12. The van der Waals surface area contributed by atoms with E-state index >= 15 is 0 Å². The molecule has 188 valence electrons. The minimum absolute atomic E-state index is 0.0940. The van der Waals surface area contributed by atoms with E-state index in [2.05, 4.69) is 63.3 Å². The maximum absolute atomic E-state index is 4.80. The molecule has 1 aliphatic rings. The van der Waals surface area contributed by atoms with E-state index in [9.17, 15) is 0 Å². The van der Waals surface area contributed by atoms with Crippen LogP contribution >= 0.6 is 0 Å². The van der Waals surface area contributed by atoms with Crippen LogP contribution in [-0.4, -0.2) is 34.1 Å². The van der Waals surface area contributed by atoms with Crippen molar-refractivity contribution in [2.75, 3.05) is 23.7 Å². The fraction of sp³-hybridized carbons (Fsp3) is 0.367. The first kappa shape index (κ1) is 25.4. The number of unbranched alkanes of at least 4 members (excludes halogenated alkanes) is 1. The second kappa shape index (κ2) is 12.9. The Hall–Kier alpha value is -3.67. The number of nitrogens with one attached hydrogen (secondary N) is 3. The highest BCUT2D eigenvalue weighted by Crippen LogP contribution is 2.21. The summed E-state index contributed by atoms with van der Waals surface area (Å²) in [6, 6.07) is 14.7. The molecule has 0 amide bonds. The van der Waals surface area contributed by atoms with Crippen molar-refractivity contribution >= 4 is 11.8 Å². The number of benzene rings is 1. The lowest BCUT2D eigenvalue weighted by molar-refractivity contribution is 0.631. The van der Waals surface area contributed by atoms with Crippen LogP contribution in [0.3, 0.4) is 0 Å². The Bertz CT molecular complexity index is 1140. The summed E-state index contributed by atoms with van der Waals surface area (Å²) < 4.78 is 0. The molecule has 6 nitrogen and oxygen atoms in total. The number of rotatable bonds is 13. The molecule has 3 N–H and O–H groups in total. The van der Waals surface area contributed by atoms with E-state index in [-0.39, 0.29) is 6.04 Å². The van der Waals surface area contributed by atoms with E-state index in [0.717, 1.165) is 79.8 Å². The second-order valence-electron chi connectivity index (χ2n) is 9.57. The molecule has 0 aliphatic carbocycles. The minimum atomic E-state index is 0.0940. The minimum Gasteiger partial charge on any atom is -0.389 e. The van der Waals surface area contributed by atoms with Gasteiger partial charge >= 0.3 is 0 Å². The van der Waals surface area contributed by atoms with Crippen LogP contribution in [0.2, 0.25) is 0 Å². The molecule has 1 unspecified atom stereocenters. The van der Waals surface area contributed by atoms with Crippen LogP contribution in [0, 0.1) is 0 Å². The number of allylic oxidation sites excluding steroid dienone is 1. The molecule has 0 saturated carbocycles. The highest BCUT2D eigenvalue weighted by molar-refractivity contribution is 5.61. The van der Waals surface area contributed by atoms with Crippen molar-refractivity contribution in [3.63, 3.8) is 0 Å². The van der Waals surface area contributed by atoms with Crippen molar-refractivity contribution in [1.29, 1.82) is 0 Å². The third-order valence-corrected chi connectivity index (χ3v) is 6.58. The summed E-state index contributed by atoms with van der Waals surface area (Å²) in [5, 5.41) is 10.3. The van der Waals surface area contributed by atoms with Crippen LogP contribution in [0.25, 0.3) is 11.1 Å². The van der Waals surface area contributed by atoms with Gasteiger partial charge in [0.1, 0.15) is 5.82 Å². The Balaban J connectivity index is 1.15. The molecular weight excluding hydrogens is 444 g/mol. The van der Waals surface area contributed by atoms with Crippen LogP contribution in [0.5, 0.6) is 0 Å². The standard InChI is InChI=1S/C30H38N6/c1-22(2)28(36-30-33-20-26(21-34-30)24-11-5-4-6-12-24)17-19-31-23(3)10-7-8-14-27-16-15-25-13-9-18-32-29(25)35-27/h4-6,11-12,15-16,20-21,28,31H,1,3,7-10,13-14,17-19H2,2H3,(H,32,35)(H,33,34,36). The van der Waals surface area contributed by atoms with Gasteiger partial charge in [-0.1, -0.05) is 55.1 Å². The van der Waals surface area contributed by atoms with E-state index in [1.165, 1.54) is 17.7 Å². The van der Waals surface area contributed by atoms with Crippen molar-refractivity contribution in [3.8, 4) is 11.1 Å². The first-order valence-electron chi connectivity index (χ1n) is 13.0. The Morgan fingerprint density at radius 1 is 1.03 bits per heavy atom. The Morgan fingerprint density at radius 3 is 2.61 bits per heavy atom. The highest BCUT2D eigenvalue weighted by atomic mass is 15.1. The summed E-state index contributed by atoms with van der Waals surface area (Å²) >= 11 is 0. The first-order valence-corrected chi connectivity index (χ1v) is 13.0. The van der Waals surface area contributed by atoms with E-state index < -0.39 is 0 Å². The number of nitrogens with zero attached hydrogens (tertiary/aromatic N) is 3. The second-order valence-corrected chi connectivity index (χ2v) is 9.57. The van der Waals surface area contributed by atoms with Gasteiger partial charge in [0.25, 0.3) is 0 Å².